The maximum absolute atomic E-state index is 13.9. The lowest BCUT2D eigenvalue weighted by Gasteiger charge is -2.16. The van der Waals surface area contributed by atoms with Gasteiger partial charge in [-0.05, 0) is 47.5 Å². The molecule has 0 amide bonds. The van der Waals surface area contributed by atoms with E-state index in [4.69, 9.17) is 21.1 Å². The van der Waals surface area contributed by atoms with Crippen molar-refractivity contribution in [1.82, 2.24) is 20.2 Å². The van der Waals surface area contributed by atoms with Crippen LogP contribution in [0.25, 0.3) is 0 Å². The number of aromatic nitrogens is 4. The predicted octanol–water partition coefficient (Wildman–Crippen LogP) is 4.47. The van der Waals surface area contributed by atoms with Gasteiger partial charge in [-0.15, -0.1) is 0 Å². The third-order valence-corrected chi connectivity index (χ3v) is 4.40. The number of hydrogen-bond acceptors (Lipinski definition) is 6. The Kier molecular flexibility index (Phi) is 7.24. The van der Waals surface area contributed by atoms with Crippen LogP contribution in [-0.2, 0) is 19.7 Å². The molecule has 1 heterocycles. The summed E-state index contributed by atoms with van der Waals surface area (Å²) in [6.07, 6.45) is 0.925. The molecule has 0 aliphatic rings. The van der Waals surface area contributed by atoms with Crippen LogP contribution in [0.2, 0.25) is 5.02 Å². The molecule has 0 unspecified atom stereocenters. The first-order valence-electron chi connectivity index (χ1n) is 9.43. The standard InChI is InChI=1S/C20H23ClFN5O2/c1-3-9-27-20(24-25-26-27)23-12-14-10-16(21)19(18(11-14)28-4-2)29-13-15-7-5-6-8-17(15)22/h5-8,10-11H,3-4,9,12-13H2,1-2H3,(H,23,24,26). The second-order valence-corrected chi connectivity index (χ2v) is 6.70. The molecular formula is C20H23ClFN5O2. The maximum atomic E-state index is 13.9. The van der Waals surface area contributed by atoms with Crippen molar-refractivity contribution >= 4 is 17.5 Å². The summed E-state index contributed by atoms with van der Waals surface area (Å²) < 4.78 is 27.1. The summed E-state index contributed by atoms with van der Waals surface area (Å²) >= 11 is 6.45. The zero-order chi connectivity index (χ0) is 20.6. The Morgan fingerprint density at radius 3 is 2.76 bits per heavy atom. The minimum Gasteiger partial charge on any atom is -0.490 e. The number of ether oxygens (including phenoxy) is 2. The smallest absolute Gasteiger partial charge is 0.243 e. The van der Waals surface area contributed by atoms with Gasteiger partial charge in [0.2, 0.25) is 5.95 Å². The fraction of sp³-hybridized carbons (Fsp3) is 0.350. The number of nitrogens with one attached hydrogen (secondary N) is 1. The molecule has 0 aliphatic carbocycles. The molecule has 0 saturated heterocycles. The van der Waals surface area contributed by atoms with Crippen molar-refractivity contribution in [3.8, 4) is 11.5 Å². The first kappa shape index (κ1) is 20.9. The molecular weight excluding hydrogens is 397 g/mol. The van der Waals surface area contributed by atoms with Gasteiger partial charge >= 0.3 is 0 Å². The number of halogens is 2. The summed E-state index contributed by atoms with van der Waals surface area (Å²) in [5, 5.41) is 15.2. The second-order valence-electron chi connectivity index (χ2n) is 6.30. The Morgan fingerprint density at radius 1 is 1.17 bits per heavy atom. The fourth-order valence-corrected chi connectivity index (χ4v) is 3.05. The van der Waals surface area contributed by atoms with E-state index in [0.29, 0.717) is 41.2 Å². The number of benzene rings is 2. The molecule has 29 heavy (non-hydrogen) atoms. The summed E-state index contributed by atoms with van der Waals surface area (Å²) in [4.78, 5) is 0. The van der Waals surface area contributed by atoms with Gasteiger partial charge in [-0.2, -0.15) is 0 Å². The summed E-state index contributed by atoms with van der Waals surface area (Å²) in [7, 11) is 0. The van der Waals surface area contributed by atoms with Gasteiger partial charge in [0.05, 0.1) is 11.6 Å². The summed E-state index contributed by atoms with van der Waals surface area (Å²) in [6, 6.07) is 10.1. The molecule has 9 heteroatoms. The maximum Gasteiger partial charge on any atom is 0.243 e. The van der Waals surface area contributed by atoms with E-state index in [1.54, 1.807) is 28.9 Å². The van der Waals surface area contributed by atoms with Crippen molar-refractivity contribution in [2.24, 2.45) is 0 Å². The van der Waals surface area contributed by atoms with Gasteiger partial charge in [0.25, 0.3) is 0 Å². The van der Waals surface area contributed by atoms with E-state index in [-0.39, 0.29) is 12.4 Å². The molecule has 3 aromatic rings. The molecule has 2 aromatic carbocycles. The quantitative estimate of drug-likeness (QED) is 0.522. The van der Waals surface area contributed by atoms with Crippen molar-refractivity contribution in [2.45, 2.75) is 40.0 Å². The van der Waals surface area contributed by atoms with E-state index in [1.807, 2.05) is 13.0 Å². The van der Waals surface area contributed by atoms with E-state index in [1.165, 1.54) is 6.07 Å². The van der Waals surface area contributed by atoms with Crippen molar-refractivity contribution in [1.29, 1.82) is 0 Å². The van der Waals surface area contributed by atoms with Gasteiger partial charge in [-0.25, -0.2) is 9.07 Å². The summed E-state index contributed by atoms with van der Waals surface area (Å²) in [5.41, 5.74) is 1.32. The molecule has 0 atom stereocenters. The Bertz CT molecular complexity index is 950. The topological polar surface area (TPSA) is 74.1 Å². The fourth-order valence-electron chi connectivity index (χ4n) is 2.77. The van der Waals surface area contributed by atoms with E-state index < -0.39 is 0 Å². The summed E-state index contributed by atoms with van der Waals surface area (Å²) in [6.45, 7) is 5.60. The van der Waals surface area contributed by atoms with Gasteiger partial charge in [-0.1, -0.05) is 41.8 Å². The highest BCUT2D eigenvalue weighted by Crippen LogP contribution is 2.37. The van der Waals surface area contributed by atoms with Crippen LogP contribution in [0.1, 0.15) is 31.4 Å². The van der Waals surface area contributed by atoms with Crippen molar-refractivity contribution in [3.63, 3.8) is 0 Å². The third-order valence-electron chi connectivity index (χ3n) is 4.12. The van der Waals surface area contributed by atoms with Crippen molar-refractivity contribution < 1.29 is 13.9 Å². The van der Waals surface area contributed by atoms with Crippen LogP contribution in [-0.4, -0.2) is 26.8 Å². The second kappa shape index (κ2) is 10.1. The zero-order valence-electron chi connectivity index (χ0n) is 16.4. The minimum atomic E-state index is -0.327. The Balaban J connectivity index is 1.75. The average molecular weight is 420 g/mol. The lowest BCUT2D eigenvalue weighted by Crippen LogP contribution is -2.09. The monoisotopic (exact) mass is 419 g/mol. The Morgan fingerprint density at radius 2 is 2.00 bits per heavy atom. The van der Waals surface area contributed by atoms with E-state index in [9.17, 15) is 4.39 Å². The average Bonchev–Trinajstić information content (AvgIpc) is 3.15. The molecule has 0 aliphatic heterocycles. The van der Waals surface area contributed by atoms with Gasteiger partial charge in [0, 0.05) is 18.7 Å². The van der Waals surface area contributed by atoms with Crippen molar-refractivity contribution in [2.75, 3.05) is 11.9 Å². The van der Waals surface area contributed by atoms with Gasteiger partial charge in [-0.3, -0.25) is 0 Å². The largest absolute Gasteiger partial charge is 0.490 e. The molecule has 0 spiro atoms. The van der Waals surface area contributed by atoms with E-state index in [2.05, 4.69) is 27.8 Å². The molecule has 154 valence electrons. The van der Waals surface area contributed by atoms with Crippen LogP contribution in [0.15, 0.2) is 36.4 Å². The molecule has 3 rings (SSSR count). The van der Waals surface area contributed by atoms with E-state index in [0.717, 1.165) is 18.5 Å². The minimum absolute atomic E-state index is 0.0514. The number of hydrogen-bond donors (Lipinski definition) is 1. The third kappa shape index (κ3) is 5.35. The molecule has 0 bridgehead atoms. The van der Waals surface area contributed by atoms with Crippen LogP contribution >= 0.6 is 11.6 Å². The van der Waals surface area contributed by atoms with Gasteiger partial charge < -0.3 is 14.8 Å². The lowest BCUT2D eigenvalue weighted by molar-refractivity contribution is 0.266. The highest BCUT2D eigenvalue weighted by atomic mass is 35.5. The first-order chi connectivity index (χ1) is 14.1. The number of tetrazole rings is 1. The Labute approximate surface area is 173 Å². The van der Waals surface area contributed by atoms with E-state index >= 15 is 0 Å². The van der Waals surface area contributed by atoms with Crippen LogP contribution in [0.4, 0.5) is 10.3 Å². The highest BCUT2D eigenvalue weighted by molar-refractivity contribution is 6.32. The number of anilines is 1. The zero-order valence-corrected chi connectivity index (χ0v) is 17.1. The Hall–Kier alpha value is -2.87. The molecule has 0 radical (unpaired) electrons. The lowest BCUT2D eigenvalue weighted by atomic mass is 10.2. The number of rotatable bonds is 10. The molecule has 0 saturated carbocycles. The van der Waals surface area contributed by atoms with Crippen LogP contribution < -0.4 is 14.8 Å². The van der Waals surface area contributed by atoms with Gasteiger partial charge in [0.15, 0.2) is 11.5 Å². The van der Waals surface area contributed by atoms with Crippen LogP contribution in [0.3, 0.4) is 0 Å². The van der Waals surface area contributed by atoms with Crippen LogP contribution in [0.5, 0.6) is 11.5 Å². The number of aryl methyl sites for hydroxylation is 1. The SMILES string of the molecule is CCCn1nnnc1NCc1cc(Cl)c(OCc2ccccc2F)c(OCC)c1. The van der Waals surface area contributed by atoms with Gasteiger partial charge in [0.1, 0.15) is 12.4 Å². The molecule has 7 nitrogen and oxygen atoms in total. The molecule has 0 fully saturated rings. The van der Waals surface area contributed by atoms with Crippen LogP contribution in [0, 0.1) is 5.82 Å². The highest BCUT2D eigenvalue weighted by Gasteiger charge is 2.14. The summed E-state index contributed by atoms with van der Waals surface area (Å²) in [5.74, 6) is 1.14. The van der Waals surface area contributed by atoms with Crippen molar-refractivity contribution in [3.05, 3.63) is 58.4 Å². The number of nitrogens with zero attached hydrogens (tertiary/aromatic N) is 4. The molecule has 1 aromatic heterocycles. The molecule has 1 N–H and O–H groups in total. The first-order valence-corrected chi connectivity index (χ1v) is 9.81. The predicted molar refractivity (Wildman–Crippen MR) is 109 cm³/mol. The normalized spacial score (nSPS) is 10.8.